The van der Waals surface area contributed by atoms with Gasteiger partial charge in [-0.05, 0) is 12.3 Å². The second kappa shape index (κ2) is 1.94. The first-order chi connectivity index (χ1) is 5.84. The second-order valence-electron chi connectivity index (χ2n) is 4.28. The van der Waals surface area contributed by atoms with Crippen LogP contribution in [-0.4, -0.2) is 24.4 Å². The summed E-state index contributed by atoms with van der Waals surface area (Å²) < 4.78 is 5.62. The zero-order valence-corrected chi connectivity index (χ0v) is 7.23. The molecule has 0 saturated heterocycles. The standard InChI is InChI=1S/C10H14O2/c1-12-10-7-2-3-8(10)9(10)6(4-7)5-11/h2-3,6-9,11H,4-5H2,1H3/t6-,7+,8-,9+,10+/m1/s1. The van der Waals surface area contributed by atoms with Gasteiger partial charge in [0.25, 0.3) is 0 Å². The van der Waals surface area contributed by atoms with Crippen LogP contribution in [-0.2, 0) is 4.74 Å². The van der Waals surface area contributed by atoms with Crippen LogP contribution in [0.4, 0.5) is 0 Å². The minimum atomic E-state index is 0.132. The van der Waals surface area contributed by atoms with Crippen LogP contribution >= 0.6 is 0 Å². The number of hydrogen-bond acceptors (Lipinski definition) is 2. The number of methoxy groups -OCH3 is 1. The largest absolute Gasteiger partial charge is 0.396 e. The third kappa shape index (κ3) is 0.511. The highest BCUT2D eigenvalue weighted by molar-refractivity contribution is 5.37. The highest BCUT2D eigenvalue weighted by Crippen LogP contribution is 2.72. The summed E-state index contributed by atoms with van der Waals surface area (Å²) in [5.41, 5.74) is 0.132. The Balaban J connectivity index is 1.94. The molecule has 5 atom stereocenters. The van der Waals surface area contributed by atoms with E-state index in [4.69, 9.17) is 9.84 Å². The number of aliphatic hydroxyl groups is 1. The van der Waals surface area contributed by atoms with E-state index in [1.165, 1.54) is 0 Å². The average Bonchev–Trinajstić information content (AvgIpc) is 2.55. The Bertz CT molecular complexity index is 248. The molecule has 0 aromatic carbocycles. The third-order valence-electron chi connectivity index (χ3n) is 4.10. The van der Waals surface area contributed by atoms with Crippen molar-refractivity contribution in [2.45, 2.75) is 12.0 Å². The molecule has 0 aromatic heterocycles. The zero-order valence-electron chi connectivity index (χ0n) is 7.23. The molecule has 2 fully saturated rings. The van der Waals surface area contributed by atoms with E-state index in [1.807, 2.05) is 7.11 Å². The van der Waals surface area contributed by atoms with Crippen molar-refractivity contribution < 1.29 is 9.84 Å². The van der Waals surface area contributed by atoms with Gasteiger partial charge in [-0.1, -0.05) is 12.2 Å². The van der Waals surface area contributed by atoms with E-state index >= 15 is 0 Å². The maximum Gasteiger partial charge on any atom is 0.0845 e. The van der Waals surface area contributed by atoms with Gasteiger partial charge in [-0.15, -0.1) is 0 Å². The molecule has 3 rings (SSSR count). The van der Waals surface area contributed by atoms with Crippen LogP contribution in [0.5, 0.6) is 0 Å². The van der Waals surface area contributed by atoms with Crippen molar-refractivity contribution in [1.29, 1.82) is 0 Å². The number of rotatable bonds is 2. The highest BCUT2D eigenvalue weighted by atomic mass is 16.5. The smallest absolute Gasteiger partial charge is 0.0845 e. The Morgan fingerprint density at radius 1 is 1.58 bits per heavy atom. The topological polar surface area (TPSA) is 29.5 Å². The summed E-state index contributed by atoms with van der Waals surface area (Å²) in [4.78, 5) is 0. The molecule has 3 aliphatic rings. The molecule has 0 unspecified atom stereocenters. The SMILES string of the molecule is CO[C@@]12[C@H]3[C@@H](CO)C[C@@H]1C=C[C@H]32. The monoisotopic (exact) mass is 166 g/mol. The lowest BCUT2D eigenvalue weighted by Crippen LogP contribution is -2.20. The van der Waals surface area contributed by atoms with Gasteiger partial charge in [-0.2, -0.15) is 0 Å². The minimum absolute atomic E-state index is 0.132. The highest BCUT2D eigenvalue weighted by Gasteiger charge is 2.76. The van der Waals surface area contributed by atoms with Crippen molar-refractivity contribution >= 4 is 0 Å². The van der Waals surface area contributed by atoms with Crippen LogP contribution in [0.2, 0.25) is 0 Å². The fourth-order valence-electron chi connectivity index (χ4n) is 3.62. The molecule has 0 spiro atoms. The van der Waals surface area contributed by atoms with Crippen molar-refractivity contribution in [3.8, 4) is 0 Å². The molecule has 66 valence electrons. The molecular formula is C10H14O2. The van der Waals surface area contributed by atoms with Gasteiger partial charge in [0.1, 0.15) is 0 Å². The second-order valence-corrected chi connectivity index (χ2v) is 4.28. The number of fused-ring (bicyclic) bond motifs is 1. The summed E-state index contributed by atoms with van der Waals surface area (Å²) in [6.07, 6.45) is 5.69. The Morgan fingerprint density at radius 2 is 2.42 bits per heavy atom. The van der Waals surface area contributed by atoms with Crippen LogP contribution < -0.4 is 0 Å². The lowest BCUT2D eigenvalue weighted by atomic mass is 9.98. The number of aliphatic hydroxyl groups excluding tert-OH is 1. The Morgan fingerprint density at radius 3 is 2.92 bits per heavy atom. The first kappa shape index (κ1) is 7.10. The van der Waals surface area contributed by atoms with E-state index in [0.717, 1.165) is 6.42 Å². The first-order valence-electron chi connectivity index (χ1n) is 4.69. The number of hydrogen-bond donors (Lipinski definition) is 1. The molecule has 1 N–H and O–H groups in total. The molecule has 0 amide bonds. The van der Waals surface area contributed by atoms with Gasteiger partial charge in [0, 0.05) is 31.5 Å². The van der Waals surface area contributed by atoms with Crippen LogP contribution in [0, 0.1) is 23.7 Å². The molecule has 12 heavy (non-hydrogen) atoms. The van der Waals surface area contributed by atoms with Gasteiger partial charge < -0.3 is 9.84 Å². The summed E-state index contributed by atoms with van der Waals surface area (Å²) in [5.74, 6) is 2.34. The normalized spacial score (nSPS) is 59.2. The quantitative estimate of drug-likeness (QED) is 0.615. The van der Waals surface area contributed by atoms with Gasteiger partial charge in [-0.25, -0.2) is 0 Å². The molecule has 2 saturated carbocycles. The summed E-state index contributed by atoms with van der Waals surface area (Å²) in [6, 6.07) is 0. The molecule has 0 bridgehead atoms. The van der Waals surface area contributed by atoms with E-state index in [-0.39, 0.29) is 5.60 Å². The zero-order chi connectivity index (χ0) is 8.34. The first-order valence-corrected chi connectivity index (χ1v) is 4.69. The molecule has 3 aliphatic carbocycles. The molecule has 0 heterocycles. The van der Waals surface area contributed by atoms with Gasteiger partial charge in [0.2, 0.25) is 0 Å². The number of ether oxygens (including phenoxy) is 1. The molecular weight excluding hydrogens is 152 g/mol. The van der Waals surface area contributed by atoms with Crippen molar-refractivity contribution in [2.24, 2.45) is 23.7 Å². The van der Waals surface area contributed by atoms with E-state index in [9.17, 15) is 0 Å². The van der Waals surface area contributed by atoms with Crippen LogP contribution in [0.25, 0.3) is 0 Å². The van der Waals surface area contributed by atoms with Crippen LogP contribution in [0.1, 0.15) is 6.42 Å². The fraction of sp³-hybridized carbons (Fsp3) is 0.800. The minimum Gasteiger partial charge on any atom is -0.396 e. The lowest BCUT2D eigenvalue weighted by Gasteiger charge is -2.15. The van der Waals surface area contributed by atoms with E-state index in [1.54, 1.807) is 0 Å². The fourth-order valence-corrected chi connectivity index (χ4v) is 3.62. The summed E-state index contributed by atoms with van der Waals surface area (Å²) >= 11 is 0. The summed E-state index contributed by atoms with van der Waals surface area (Å²) in [6.45, 7) is 0.338. The Kier molecular flexibility index (Phi) is 1.15. The summed E-state index contributed by atoms with van der Waals surface area (Å²) in [5, 5.41) is 9.15. The maximum absolute atomic E-state index is 9.15. The van der Waals surface area contributed by atoms with Crippen LogP contribution in [0.3, 0.4) is 0 Å². The van der Waals surface area contributed by atoms with E-state index < -0.39 is 0 Å². The summed E-state index contributed by atoms with van der Waals surface area (Å²) in [7, 11) is 1.81. The Hall–Kier alpha value is -0.340. The predicted octanol–water partition coefficient (Wildman–Crippen LogP) is 0.816. The van der Waals surface area contributed by atoms with Gasteiger partial charge >= 0.3 is 0 Å². The van der Waals surface area contributed by atoms with Gasteiger partial charge in [0.05, 0.1) is 5.60 Å². The third-order valence-corrected chi connectivity index (χ3v) is 4.10. The van der Waals surface area contributed by atoms with E-state index in [2.05, 4.69) is 12.2 Å². The van der Waals surface area contributed by atoms with E-state index in [0.29, 0.717) is 30.3 Å². The molecule has 2 heteroatoms. The lowest BCUT2D eigenvalue weighted by molar-refractivity contribution is 0.0459. The van der Waals surface area contributed by atoms with Crippen molar-refractivity contribution in [3.63, 3.8) is 0 Å². The maximum atomic E-state index is 9.15. The van der Waals surface area contributed by atoms with Crippen LogP contribution in [0.15, 0.2) is 12.2 Å². The van der Waals surface area contributed by atoms with Crippen molar-refractivity contribution in [2.75, 3.05) is 13.7 Å². The Labute approximate surface area is 72.2 Å². The predicted molar refractivity (Wildman–Crippen MR) is 44.5 cm³/mol. The van der Waals surface area contributed by atoms with Crippen molar-refractivity contribution in [1.82, 2.24) is 0 Å². The molecule has 0 aliphatic heterocycles. The molecule has 0 aromatic rings. The molecule has 2 nitrogen and oxygen atoms in total. The molecule has 0 radical (unpaired) electrons. The van der Waals surface area contributed by atoms with Gasteiger partial charge in [-0.3, -0.25) is 0 Å². The average molecular weight is 166 g/mol. The van der Waals surface area contributed by atoms with Gasteiger partial charge in [0.15, 0.2) is 0 Å². The van der Waals surface area contributed by atoms with Crippen molar-refractivity contribution in [3.05, 3.63) is 12.2 Å².